The fourth-order valence-corrected chi connectivity index (χ4v) is 3.63. The van der Waals surface area contributed by atoms with Crippen LogP contribution in [0.1, 0.15) is 36.3 Å². The van der Waals surface area contributed by atoms with E-state index in [0.29, 0.717) is 29.2 Å². The van der Waals surface area contributed by atoms with Gasteiger partial charge in [0.2, 0.25) is 0 Å². The Morgan fingerprint density at radius 2 is 1.74 bits per heavy atom. The number of anilines is 2. The van der Waals surface area contributed by atoms with Crippen molar-refractivity contribution in [1.29, 1.82) is 0 Å². The van der Waals surface area contributed by atoms with Gasteiger partial charge in [-0.15, -0.1) is 5.10 Å². The first-order chi connectivity index (χ1) is 12.8. The maximum atomic E-state index is 13.3. The first-order valence-electron chi connectivity index (χ1n) is 8.76. The molecule has 4 rings (SSSR count). The molecule has 0 unspecified atom stereocenters. The van der Waals surface area contributed by atoms with Crippen molar-refractivity contribution in [3.8, 4) is 5.69 Å². The van der Waals surface area contributed by atoms with Gasteiger partial charge in [-0.3, -0.25) is 4.79 Å². The molecule has 1 aliphatic rings. The summed E-state index contributed by atoms with van der Waals surface area (Å²) in [6, 6.07) is 13.3. The molecule has 6 heteroatoms. The molecule has 27 heavy (non-hydrogen) atoms. The highest BCUT2D eigenvalue weighted by molar-refractivity contribution is 6.30. The van der Waals surface area contributed by atoms with Crippen molar-refractivity contribution < 1.29 is 9.18 Å². The van der Waals surface area contributed by atoms with E-state index >= 15 is 0 Å². The third-order valence-electron chi connectivity index (χ3n) is 4.72. The fraction of sp³-hybridized carbons (Fsp3) is 0.238. The summed E-state index contributed by atoms with van der Waals surface area (Å²) in [5, 5.41) is 8.52. The van der Waals surface area contributed by atoms with Crippen molar-refractivity contribution >= 4 is 28.9 Å². The Kier molecular flexibility index (Phi) is 4.27. The van der Waals surface area contributed by atoms with E-state index in [1.165, 1.54) is 12.1 Å². The number of hydrogen-bond donors (Lipinski definition) is 1. The molecule has 3 aromatic rings. The van der Waals surface area contributed by atoms with Gasteiger partial charge in [-0.25, -0.2) is 9.07 Å². The molecule has 2 aromatic carbocycles. The molecular weight excluding hydrogens is 365 g/mol. The van der Waals surface area contributed by atoms with Crippen LogP contribution in [-0.4, -0.2) is 15.6 Å². The molecule has 0 bridgehead atoms. The number of carbonyl (C=O) groups excluding carboxylic acids is 1. The van der Waals surface area contributed by atoms with Crippen LogP contribution in [0.5, 0.6) is 0 Å². The smallest absolute Gasteiger partial charge is 0.169 e. The summed E-state index contributed by atoms with van der Waals surface area (Å²) >= 11 is 5.95. The van der Waals surface area contributed by atoms with Gasteiger partial charge in [0.05, 0.1) is 16.9 Å². The van der Waals surface area contributed by atoms with Crippen molar-refractivity contribution in [2.75, 3.05) is 5.32 Å². The van der Waals surface area contributed by atoms with E-state index in [-0.39, 0.29) is 17.0 Å². The monoisotopic (exact) mass is 383 g/mol. The Labute approximate surface area is 162 Å². The molecule has 1 aliphatic carbocycles. The second-order valence-corrected chi connectivity index (χ2v) is 8.07. The molecule has 4 nitrogen and oxygen atoms in total. The first-order valence-corrected chi connectivity index (χ1v) is 9.14. The van der Waals surface area contributed by atoms with Crippen molar-refractivity contribution in [3.63, 3.8) is 0 Å². The number of Topliss-reactive ketones (excluding diaryl/α,β-unsaturated/α-hetero) is 1. The minimum Gasteiger partial charge on any atom is -0.338 e. The molecule has 1 heterocycles. The lowest BCUT2D eigenvalue weighted by atomic mass is 9.76. The third-order valence-corrected chi connectivity index (χ3v) is 4.98. The molecule has 0 saturated carbocycles. The lowest BCUT2D eigenvalue weighted by Gasteiger charge is -2.29. The molecule has 0 spiro atoms. The minimum absolute atomic E-state index is 0.0612. The maximum Gasteiger partial charge on any atom is 0.169 e. The van der Waals surface area contributed by atoms with Gasteiger partial charge >= 0.3 is 0 Å². The molecule has 0 saturated heterocycles. The van der Waals surface area contributed by atoms with Crippen LogP contribution in [0, 0.1) is 11.2 Å². The summed E-state index contributed by atoms with van der Waals surface area (Å²) in [7, 11) is 0. The number of rotatable bonds is 3. The SMILES string of the molecule is CC1(C)CC(=O)c2c(Nc3ccc(Cl)cc3)nn(-c3ccc(F)cc3)c2C1. The highest BCUT2D eigenvalue weighted by Crippen LogP contribution is 2.39. The number of halogens is 2. The van der Waals surface area contributed by atoms with Gasteiger partial charge in [0.25, 0.3) is 0 Å². The van der Waals surface area contributed by atoms with Crippen molar-refractivity contribution in [1.82, 2.24) is 9.78 Å². The van der Waals surface area contributed by atoms with Crippen LogP contribution in [0.15, 0.2) is 48.5 Å². The molecule has 1 aromatic heterocycles. The average Bonchev–Trinajstić information content (AvgIpc) is 2.95. The molecule has 0 fully saturated rings. The van der Waals surface area contributed by atoms with Crippen LogP contribution in [0.25, 0.3) is 5.69 Å². The fourth-order valence-electron chi connectivity index (χ4n) is 3.50. The number of nitrogens with one attached hydrogen (secondary N) is 1. The van der Waals surface area contributed by atoms with E-state index in [4.69, 9.17) is 11.6 Å². The summed E-state index contributed by atoms with van der Waals surface area (Å²) < 4.78 is 15.1. The van der Waals surface area contributed by atoms with Crippen LogP contribution in [0.2, 0.25) is 5.02 Å². The van der Waals surface area contributed by atoms with Gasteiger partial charge in [0.1, 0.15) is 5.82 Å². The minimum atomic E-state index is -0.310. The summed E-state index contributed by atoms with van der Waals surface area (Å²) in [5.41, 5.74) is 2.82. The number of nitrogens with zero attached hydrogens (tertiary/aromatic N) is 2. The van der Waals surface area contributed by atoms with E-state index in [9.17, 15) is 9.18 Å². The first kappa shape index (κ1) is 17.7. The third kappa shape index (κ3) is 3.47. The summed E-state index contributed by atoms with van der Waals surface area (Å²) in [4.78, 5) is 12.9. The van der Waals surface area contributed by atoms with Crippen LogP contribution in [0.4, 0.5) is 15.9 Å². The Morgan fingerprint density at radius 3 is 2.41 bits per heavy atom. The molecule has 0 amide bonds. The van der Waals surface area contributed by atoms with Gasteiger partial charge in [-0.1, -0.05) is 25.4 Å². The molecular formula is C21H19ClFN3O. The average molecular weight is 384 g/mol. The second-order valence-electron chi connectivity index (χ2n) is 7.63. The number of ketones is 1. The Bertz CT molecular complexity index is 1010. The predicted octanol–water partition coefficient (Wildman–Crippen LogP) is 5.56. The molecule has 0 aliphatic heterocycles. The van der Waals surface area contributed by atoms with Gasteiger partial charge in [0, 0.05) is 17.1 Å². The summed E-state index contributed by atoms with van der Waals surface area (Å²) in [6.45, 7) is 4.14. The van der Waals surface area contributed by atoms with Crippen molar-refractivity contribution in [2.45, 2.75) is 26.7 Å². The number of fused-ring (bicyclic) bond motifs is 1. The van der Waals surface area contributed by atoms with E-state index in [1.807, 2.05) is 12.1 Å². The van der Waals surface area contributed by atoms with Crippen LogP contribution < -0.4 is 5.32 Å². The standard InChI is InChI=1S/C21H19ClFN3O/c1-21(2)11-17-19(18(27)12-21)20(24-15-7-3-13(22)4-8-15)25-26(17)16-9-5-14(23)6-10-16/h3-10H,11-12H2,1-2H3,(H,24,25). The quantitative estimate of drug-likeness (QED) is 0.643. The Hall–Kier alpha value is -2.66. The van der Waals surface area contributed by atoms with Crippen LogP contribution >= 0.6 is 11.6 Å². The number of aromatic nitrogens is 2. The van der Waals surface area contributed by atoms with Gasteiger partial charge in [-0.2, -0.15) is 0 Å². The Balaban J connectivity index is 1.83. The number of hydrogen-bond acceptors (Lipinski definition) is 3. The molecule has 138 valence electrons. The van der Waals surface area contributed by atoms with Gasteiger partial charge in [-0.05, 0) is 60.4 Å². The van der Waals surface area contributed by atoms with Crippen molar-refractivity contribution in [2.24, 2.45) is 5.41 Å². The second kappa shape index (κ2) is 6.50. The maximum absolute atomic E-state index is 13.3. The van der Waals surface area contributed by atoms with Crippen LogP contribution in [0.3, 0.4) is 0 Å². The van der Waals surface area contributed by atoms with E-state index in [0.717, 1.165) is 17.1 Å². The normalized spacial score (nSPS) is 15.5. The highest BCUT2D eigenvalue weighted by atomic mass is 35.5. The highest BCUT2D eigenvalue weighted by Gasteiger charge is 2.36. The van der Waals surface area contributed by atoms with Gasteiger partial charge in [0.15, 0.2) is 11.6 Å². The van der Waals surface area contributed by atoms with Gasteiger partial charge < -0.3 is 5.32 Å². The Morgan fingerprint density at radius 1 is 1.07 bits per heavy atom. The molecule has 0 radical (unpaired) electrons. The van der Waals surface area contributed by atoms with E-state index in [2.05, 4.69) is 24.3 Å². The molecule has 0 atom stereocenters. The van der Waals surface area contributed by atoms with E-state index < -0.39 is 0 Å². The zero-order valence-corrected chi connectivity index (χ0v) is 15.8. The lowest BCUT2D eigenvalue weighted by Crippen LogP contribution is -2.28. The topological polar surface area (TPSA) is 46.9 Å². The number of carbonyl (C=O) groups is 1. The van der Waals surface area contributed by atoms with Crippen molar-refractivity contribution in [3.05, 3.63) is 70.6 Å². The van der Waals surface area contributed by atoms with Crippen LogP contribution in [-0.2, 0) is 6.42 Å². The summed E-state index contributed by atoms with van der Waals surface area (Å²) in [6.07, 6.45) is 1.17. The zero-order chi connectivity index (χ0) is 19.2. The summed E-state index contributed by atoms with van der Waals surface area (Å²) in [5.74, 6) is 0.263. The zero-order valence-electron chi connectivity index (χ0n) is 15.1. The lowest BCUT2D eigenvalue weighted by molar-refractivity contribution is 0.0912. The molecule has 1 N–H and O–H groups in total. The largest absolute Gasteiger partial charge is 0.338 e. The predicted molar refractivity (Wildman–Crippen MR) is 105 cm³/mol. The van der Waals surface area contributed by atoms with E-state index in [1.54, 1.807) is 28.9 Å². The number of benzene rings is 2.